The number of allylic oxidation sites excluding steroid dienone is 4. The van der Waals surface area contributed by atoms with Crippen molar-refractivity contribution in [3.63, 3.8) is 0 Å². The summed E-state index contributed by atoms with van der Waals surface area (Å²) in [7, 11) is 0. The van der Waals surface area contributed by atoms with E-state index in [1.165, 1.54) is 0 Å². The number of carbonyl (C=O) groups is 3. The van der Waals surface area contributed by atoms with Crippen molar-refractivity contribution < 1.29 is 19.1 Å². The van der Waals surface area contributed by atoms with Crippen molar-refractivity contribution in [1.29, 1.82) is 0 Å². The van der Waals surface area contributed by atoms with Gasteiger partial charge in [0.2, 0.25) is 0 Å². The largest absolute Gasteiger partial charge is 0.484 e. The molecule has 2 N–H and O–H groups in total. The van der Waals surface area contributed by atoms with Gasteiger partial charge in [-0.2, -0.15) is 0 Å². The number of hydrogen-bond donors (Lipinski definition) is 2. The molecule has 0 radical (unpaired) electrons. The molecule has 0 aromatic heterocycles. The minimum atomic E-state index is -0.376. The molecule has 0 spiro atoms. The van der Waals surface area contributed by atoms with Gasteiger partial charge in [0, 0.05) is 47.0 Å². The Labute approximate surface area is 192 Å². The van der Waals surface area contributed by atoms with Crippen LogP contribution in [-0.2, 0) is 14.4 Å². The quantitative estimate of drug-likeness (QED) is 0.717. The molecule has 168 valence electrons. The van der Waals surface area contributed by atoms with Crippen LogP contribution in [0.4, 0.5) is 5.69 Å². The van der Waals surface area contributed by atoms with Gasteiger partial charge in [-0.3, -0.25) is 14.4 Å². The van der Waals surface area contributed by atoms with E-state index < -0.39 is 0 Å². The lowest BCUT2D eigenvalue weighted by molar-refractivity contribution is -0.118. The number of ketones is 2. The van der Waals surface area contributed by atoms with Crippen molar-refractivity contribution in [3.05, 3.63) is 82.7 Å². The van der Waals surface area contributed by atoms with Crippen LogP contribution in [0.15, 0.2) is 77.1 Å². The van der Waals surface area contributed by atoms with Gasteiger partial charge in [0.05, 0.1) is 0 Å². The Balaban J connectivity index is 1.41. The highest BCUT2D eigenvalue weighted by atomic mass is 16.5. The zero-order chi connectivity index (χ0) is 22.8. The normalized spacial score (nSPS) is 18.4. The number of para-hydroxylation sites is 1. The van der Waals surface area contributed by atoms with Crippen LogP contribution in [0, 0.1) is 0 Å². The van der Waals surface area contributed by atoms with Crippen molar-refractivity contribution in [3.8, 4) is 5.75 Å². The highest BCUT2D eigenvalue weighted by Crippen LogP contribution is 2.45. The Hall–Kier alpha value is -3.67. The first-order valence-electron chi connectivity index (χ1n) is 11.5. The van der Waals surface area contributed by atoms with Gasteiger partial charge in [0.25, 0.3) is 5.91 Å². The number of carbonyl (C=O) groups excluding carboxylic acids is 3. The molecular weight excluding hydrogens is 416 g/mol. The molecule has 0 saturated carbocycles. The van der Waals surface area contributed by atoms with Gasteiger partial charge in [0.15, 0.2) is 18.2 Å². The Kier molecular flexibility index (Phi) is 5.82. The number of rotatable bonds is 5. The molecule has 1 heterocycles. The summed E-state index contributed by atoms with van der Waals surface area (Å²) in [5, 5.41) is 6.23. The molecule has 6 heteroatoms. The maximum atomic E-state index is 13.0. The molecule has 2 aromatic rings. The maximum Gasteiger partial charge on any atom is 0.262 e. The van der Waals surface area contributed by atoms with Gasteiger partial charge in [-0.25, -0.2) is 0 Å². The highest BCUT2D eigenvalue weighted by molar-refractivity contribution is 6.06. The van der Waals surface area contributed by atoms with Crippen LogP contribution in [0.2, 0.25) is 0 Å². The van der Waals surface area contributed by atoms with E-state index in [4.69, 9.17) is 4.74 Å². The van der Waals surface area contributed by atoms with Crippen molar-refractivity contribution in [1.82, 2.24) is 5.32 Å². The maximum absolute atomic E-state index is 13.0. The van der Waals surface area contributed by atoms with Crippen LogP contribution in [0.3, 0.4) is 0 Å². The van der Waals surface area contributed by atoms with E-state index in [1.54, 1.807) is 6.07 Å². The monoisotopic (exact) mass is 442 g/mol. The van der Waals surface area contributed by atoms with Gasteiger partial charge in [-0.1, -0.05) is 30.3 Å². The first-order valence-corrected chi connectivity index (χ1v) is 11.5. The van der Waals surface area contributed by atoms with Crippen molar-refractivity contribution in [2.24, 2.45) is 0 Å². The predicted octanol–water partition coefficient (Wildman–Crippen LogP) is 4.41. The Morgan fingerprint density at radius 2 is 1.55 bits per heavy atom. The fraction of sp³-hybridized carbons (Fsp3) is 0.296. The Bertz CT molecular complexity index is 1140. The average molecular weight is 443 g/mol. The zero-order valence-electron chi connectivity index (χ0n) is 18.4. The van der Waals surface area contributed by atoms with Gasteiger partial charge in [-0.15, -0.1) is 0 Å². The number of anilines is 1. The summed E-state index contributed by atoms with van der Waals surface area (Å²) >= 11 is 0. The van der Waals surface area contributed by atoms with Gasteiger partial charge in [-0.05, 0) is 55.5 Å². The molecule has 1 amide bonds. The molecular formula is C27H26N2O4. The average Bonchev–Trinajstić information content (AvgIpc) is 2.83. The molecule has 0 bridgehead atoms. The van der Waals surface area contributed by atoms with E-state index in [2.05, 4.69) is 10.6 Å². The van der Waals surface area contributed by atoms with E-state index >= 15 is 0 Å². The van der Waals surface area contributed by atoms with Gasteiger partial charge in [0.1, 0.15) is 5.75 Å². The molecule has 1 aliphatic heterocycles. The summed E-state index contributed by atoms with van der Waals surface area (Å²) < 4.78 is 5.77. The lowest BCUT2D eigenvalue weighted by Crippen LogP contribution is -2.36. The summed E-state index contributed by atoms with van der Waals surface area (Å²) in [6.07, 6.45) is 4.30. The van der Waals surface area contributed by atoms with Crippen LogP contribution >= 0.6 is 0 Å². The molecule has 0 unspecified atom stereocenters. The summed E-state index contributed by atoms with van der Waals surface area (Å²) in [5.41, 5.74) is 4.91. The second-order valence-electron chi connectivity index (χ2n) is 8.67. The molecule has 6 nitrogen and oxygen atoms in total. The van der Waals surface area contributed by atoms with Crippen LogP contribution in [0.5, 0.6) is 5.75 Å². The molecule has 2 aliphatic carbocycles. The third-order valence-corrected chi connectivity index (χ3v) is 6.41. The number of dihydropyridines is 1. The third-order valence-electron chi connectivity index (χ3n) is 6.41. The van der Waals surface area contributed by atoms with E-state index in [1.807, 2.05) is 48.5 Å². The summed E-state index contributed by atoms with van der Waals surface area (Å²) in [4.78, 5) is 38.2. The molecule has 0 fully saturated rings. The topological polar surface area (TPSA) is 84.5 Å². The zero-order valence-corrected chi connectivity index (χ0v) is 18.4. The molecule has 2 aromatic carbocycles. The van der Waals surface area contributed by atoms with Crippen LogP contribution < -0.4 is 15.4 Å². The van der Waals surface area contributed by atoms with Crippen LogP contribution in [0.25, 0.3) is 0 Å². The number of ether oxygens (including phenoxy) is 1. The van der Waals surface area contributed by atoms with E-state index in [0.29, 0.717) is 35.4 Å². The lowest BCUT2D eigenvalue weighted by atomic mass is 9.71. The smallest absolute Gasteiger partial charge is 0.262 e. The van der Waals surface area contributed by atoms with E-state index in [9.17, 15) is 14.4 Å². The Morgan fingerprint density at radius 3 is 2.21 bits per heavy atom. The van der Waals surface area contributed by atoms with Crippen molar-refractivity contribution in [2.45, 2.75) is 44.4 Å². The van der Waals surface area contributed by atoms with Crippen molar-refractivity contribution >= 4 is 23.2 Å². The standard InChI is InChI=1S/C27H26N2O4/c30-22-13-5-11-20-26(22)25(27-21(29-20)12-6-14-23(27)31)17-7-4-10-19(15-17)33-16-24(32)28-18-8-2-1-3-9-18/h1-4,7-10,15,25,29H,5-6,11-14,16H2,(H,28,32). The summed E-state index contributed by atoms with van der Waals surface area (Å²) in [5.74, 6) is 0.108. The molecule has 33 heavy (non-hydrogen) atoms. The number of nitrogens with one attached hydrogen (secondary N) is 2. The predicted molar refractivity (Wildman–Crippen MR) is 125 cm³/mol. The number of amides is 1. The number of Topliss-reactive ketones (excluding diaryl/α,β-unsaturated/α-hetero) is 2. The minimum absolute atomic E-state index is 0.104. The third kappa shape index (κ3) is 4.33. The molecule has 5 rings (SSSR count). The Morgan fingerprint density at radius 1 is 0.879 bits per heavy atom. The van der Waals surface area contributed by atoms with E-state index in [-0.39, 0.29) is 30.0 Å². The summed E-state index contributed by atoms with van der Waals surface area (Å²) in [6, 6.07) is 16.6. The first-order chi connectivity index (χ1) is 16.1. The van der Waals surface area contributed by atoms with Gasteiger partial charge >= 0.3 is 0 Å². The second-order valence-corrected chi connectivity index (χ2v) is 8.67. The highest BCUT2D eigenvalue weighted by Gasteiger charge is 2.40. The van der Waals surface area contributed by atoms with Crippen LogP contribution in [0.1, 0.15) is 50.0 Å². The van der Waals surface area contributed by atoms with Gasteiger partial charge < -0.3 is 15.4 Å². The second kappa shape index (κ2) is 9.06. The summed E-state index contributed by atoms with van der Waals surface area (Å²) in [6.45, 7) is -0.135. The lowest BCUT2D eigenvalue weighted by Gasteiger charge is -2.37. The fourth-order valence-electron chi connectivity index (χ4n) is 4.97. The fourth-order valence-corrected chi connectivity index (χ4v) is 4.97. The first kappa shape index (κ1) is 21.2. The number of hydrogen-bond acceptors (Lipinski definition) is 5. The van der Waals surface area contributed by atoms with Crippen molar-refractivity contribution in [2.75, 3.05) is 11.9 Å². The SMILES string of the molecule is O=C(COc1cccc(C2C3=C(CCCC3=O)NC3=C2C(=O)CCC3)c1)Nc1ccccc1. The molecule has 3 aliphatic rings. The van der Waals surface area contributed by atoms with E-state index in [0.717, 1.165) is 42.6 Å². The minimum Gasteiger partial charge on any atom is -0.484 e. The number of benzene rings is 2. The molecule has 0 atom stereocenters. The molecule has 0 saturated heterocycles. The van der Waals surface area contributed by atoms with Crippen LogP contribution in [-0.4, -0.2) is 24.1 Å².